The quantitative estimate of drug-likeness (QED) is 0.416. The molecule has 0 unspecified atom stereocenters. The molecule has 0 bridgehead atoms. The van der Waals surface area contributed by atoms with Crippen molar-refractivity contribution < 1.29 is 19.0 Å². The summed E-state index contributed by atoms with van der Waals surface area (Å²) in [6, 6.07) is 0. The van der Waals surface area contributed by atoms with Gasteiger partial charge in [-0.25, -0.2) is 0 Å². The summed E-state index contributed by atoms with van der Waals surface area (Å²) >= 11 is 0. The maximum Gasteiger partial charge on any atom is 0.223 e. The Morgan fingerprint density at radius 3 is 2.44 bits per heavy atom. The number of methoxy groups -OCH3 is 1. The van der Waals surface area contributed by atoms with Gasteiger partial charge in [-0.15, -0.1) is 6.42 Å². The van der Waals surface area contributed by atoms with E-state index >= 15 is 0 Å². The summed E-state index contributed by atoms with van der Waals surface area (Å²) in [6.45, 7) is 2.77. The second-order valence-corrected chi connectivity index (χ2v) is 2.95. The van der Waals surface area contributed by atoms with E-state index in [2.05, 4.69) is 11.2 Å². The number of nitrogens with one attached hydrogen (secondary N) is 1. The molecule has 0 aromatic carbocycles. The summed E-state index contributed by atoms with van der Waals surface area (Å²) in [5.74, 6) is 2.23. The molecule has 0 aliphatic heterocycles. The highest BCUT2D eigenvalue weighted by Crippen LogP contribution is 1.84. The van der Waals surface area contributed by atoms with Crippen LogP contribution in [-0.2, 0) is 19.0 Å². The zero-order chi connectivity index (χ0) is 12.1. The minimum atomic E-state index is -0.0988. The van der Waals surface area contributed by atoms with E-state index in [0.717, 1.165) is 0 Å². The van der Waals surface area contributed by atoms with Crippen molar-refractivity contribution in [3.63, 3.8) is 0 Å². The van der Waals surface area contributed by atoms with Crippen molar-refractivity contribution in [1.29, 1.82) is 0 Å². The van der Waals surface area contributed by atoms with Gasteiger partial charge in [-0.3, -0.25) is 4.79 Å². The Hall–Kier alpha value is -1.09. The first-order valence-electron chi connectivity index (χ1n) is 5.16. The number of carbonyl (C=O) groups excluding carboxylic acids is 1. The van der Waals surface area contributed by atoms with Gasteiger partial charge in [-0.1, -0.05) is 5.92 Å². The average molecular weight is 229 g/mol. The summed E-state index contributed by atoms with van der Waals surface area (Å²) in [6.07, 6.45) is 5.31. The van der Waals surface area contributed by atoms with Gasteiger partial charge in [-0.2, -0.15) is 0 Å². The van der Waals surface area contributed by atoms with Crippen LogP contribution in [0.2, 0.25) is 0 Å². The zero-order valence-electron chi connectivity index (χ0n) is 9.66. The van der Waals surface area contributed by atoms with Crippen LogP contribution in [0.25, 0.3) is 0 Å². The Kier molecular flexibility index (Phi) is 11.2. The van der Waals surface area contributed by atoms with Gasteiger partial charge in [0, 0.05) is 13.5 Å². The maximum atomic E-state index is 11.0. The minimum Gasteiger partial charge on any atom is -0.382 e. The fourth-order valence-corrected chi connectivity index (χ4v) is 0.867. The van der Waals surface area contributed by atoms with Crippen molar-refractivity contribution in [3.8, 4) is 12.3 Å². The molecule has 92 valence electrons. The van der Waals surface area contributed by atoms with Gasteiger partial charge in [0.1, 0.15) is 0 Å². The van der Waals surface area contributed by atoms with E-state index in [1.165, 1.54) is 0 Å². The second kappa shape index (κ2) is 12.0. The van der Waals surface area contributed by atoms with Crippen LogP contribution in [-0.4, -0.2) is 52.6 Å². The van der Waals surface area contributed by atoms with Crippen molar-refractivity contribution in [1.82, 2.24) is 5.32 Å². The average Bonchev–Trinajstić information content (AvgIpc) is 2.30. The van der Waals surface area contributed by atoms with E-state index in [-0.39, 0.29) is 12.5 Å². The fourth-order valence-electron chi connectivity index (χ4n) is 0.867. The number of carbonyl (C=O) groups is 1. The van der Waals surface area contributed by atoms with E-state index in [1.807, 2.05) is 0 Å². The molecule has 0 atom stereocenters. The van der Waals surface area contributed by atoms with Crippen molar-refractivity contribution in [2.24, 2.45) is 0 Å². The lowest BCUT2D eigenvalue weighted by molar-refractivity contribution is -0.122. The molecule has 5 nitrogen and oxygen atoms in total. The first kappa shape index (κ1) is 14.9. The minimum absolute atomic E-state index is 0.0988. The topological polar surface area (TPSA) is 56.8 Å². The van der Waals surface area contributed by atoms with Crippen LogP contribution in [0.5, 0.6) is 0 Å². The molecular weight excluding hydrogens is 210 g/mol. The number of rotatable bonds is 10. The maximum absolute atomic E-state index is 11.0. The SMILES string of the molecule is C#CCNC(=O)CCOCCOCCOC. The molecule has 0 aromatic rings. The molecule has 1 amide bonds. The summed E-state index contributed by atoms with van der Waals surface area (Å²) in [4.78, 5) is 11.0. The Morgan fingerprint density at radius 1 is 1.19 bits per heavy atom. The van der Waals surface area contributed by atoms with E-state index in [4.69, 9.17) is 20.6 Å². The number of hydrogen-bond donors (Lipinski definition) is 1. The number of ether oxygens (including phenoxy) is 3. The molecule has 0 saturated heterocycles. The highest BCUT2D eigenvalue weighted by atomic mass is 16.5. The Morgan fingerprint density at radius 2 is 1.81 bits per heavy atom. The van der Waals surface area contributed by atoms with E-state index in [1.54, 1.807) is 7.11 Å². The molecule has 16 heavy (non-hydrogen) atoms. The van der Waals surface area contributed by atoms with Crippen LogP contribution in [0.15, 0.2) is 0 Å². The summed E-state index contributed by atoms with van der Waals surface area (Å²) in [7, 11) is 1.62. The Balaban J connectivity index is 3.09. The molecule has 0 rings (SSSR count). The molecular formula is C11H19NO4. The van der Waals surface area contributed by atoms with Crippen molar-refractivity contribution >= 4 is 5.91 Å². The number of hydrogen-bond acceptors (Lipinski definition) is 4. The van der Waals surface area contributed by atoms with E-state index in [9.17, 15) is 4.79 Å². The summed E-state index contributed by atoms with van der Waals surface area (Å²) < 4.78 is 15.2. The molecule has 0 saturated carbocycles. The van der Waals surface area contributed by atoms with Crippen LogP contribution in [0.1, 0.15) is 6.42 Å². The molecule has 0 fully saturated rings. The fraction of sp³-hybridized carbons (Fsp3) is 0.727. The lowest BCUT2D eigenvalue weighted by Gasteiger charge is -2.05. The number of amides is 1. The molecule has 0 aliphatic carbocycles. The molecule has 1 N–H and O–H groups in total. The molecule has 0 heterocycles. The van der Waals surface area contributed by atoms with Crippen LogP contribution in [0, 0.1) is 12.3 Å². The third-order valence-electron chi connectivity index (χ3n) is 1.66. The molecule has 0 aliphatic rings. The monoisotopic (exact) mass is 229 g/mol. The smallest absolute Gasteiger partial charge is 0.223 e. The van der Waals surface area contributed by atoms with Gasteiger partial charge < -0.3 is 19.5 Å². The van der Waals surface area contributed by atoms with Gasteiger partial charge >= 0.3 is 0 Å². The Bertz CT molecular complexity index is 213. The molecule has 0 spiro atoms. The predicted octanol–water partition coefficient (Wildman–Crippen LogP) is -0.194. The van der Waals surface area contributed by atoms with Crippen LogP contribution < -0.4 is 5.32 Å². The van der Waals surface area contributed by atoms with E-state index in [0.29, 0.717) is 39.5 Å². The van der Waals surface area contributed by atoms with Crippen molar-refractivity contribution in [2.75, 3.05) is 46.7 Å². The molecule has 0 aromatic heterocycles. The zero-order valence-corrected chi connectivity index (χ0v) is 9.66. The van der Waals surface area contributed by atoms with Crippen molar-refractivity contribution in [3.05, 3.63) is 0 Å². The van der Waals surface area contributed by atoms with Gasteiger partial charge in [0.25, 0.3) is 0 Å². The molecule has 5 heteroatoms. The first-order chi connectivity index (χ1) is 7.81. The van der Waals surface area contributed by atoms with Gasteiger partial charge in [-0.05, 0) is 0 Å². The predicted molar refractivity (Wildman–Crippen MR) is 60.0 cm³/mol. The lowest BCUT2D eigenvalue weighted by Crippen LogP contribution is -2.24. The van der Waals surface area contributed by atoms with Crippen LogP contribution >= 0.6 is 0 Å². The summed E-state index contributed by atoms with van der Waals surface area (Å²) in [5.41, 5.74) is 0. The lowest BCUT2D eigenvalue weighted by atomic mass is 10.4. The van der Waals surface area contributed by atoms with E-state index < -0.39 is 0 Å². The first-order valence-corrected chi connectivity index (χ1v) is 5.16. The standard InChI is InChI=1S/C11H19NO4/c1-3-5-12-11(13)4-6-15-9-10-16-8-7-14-2/h1H,4-10H2,2H3,(H,12,13). The molecule has 0 radical (unpaired) electrons. The number of terminal acetylenes is 1. The van der Waals surface area contributed by atoms with Crippen LogP contribution in [0.3, 0.4) is 0 Å². The highest BCUT2D eigenvalue weighted by Gasteiger charge is 1.98. The Labute approximate surface area is 96.4 Å². The van der Waals surface area contributed by atoms with Gasteiger partial charge in [0.15, 0.2) is 0 Å². The van der Waals surface area contributed by atoms with Gasteiger partial charge in [0.05, 0.1) is 39.6 Å². The normalized spacial score (nSPS) is 9.75. The second-order valence-electron chi connectivity index (χ2n) is 2.95. The third kappa shape index (κ3) is 11.0. The highest BCUT2D eigenvalue weighted by molar-refractivity contribution is 5.76. The third-order valence-corrected chi connectivity index (χ3v) is 1.66. The summed E-state index contributed by atoms with van der Waals surface area (Å²) in [5, 5.41) is 2.55. The largest absolute Gasteiger partial charge is 0.382 e. The van der Waals surface area contributed by atoms with Gasteiger partial charge in [0.2, 0.25) is 5.91 Å². The van der Waals surface area contributed by atoms with Crippen LogP contribution in [0.4, 0.5) is 0 Å². The van der Waals surface area contributed by atoms with Crippen molar-refractivity contribution in [2.45, 2.75) is 6.42 Å².